The van der Waals surface area contributed by atoms with E-state index in [1.807, 2.05) is 30.1 Å². The van der Waals surface area contributed by atoms with Crippen molar-refractivity contribution in [1.82, 2.24) is 9.88 Å². The Hall–Kier alpha value is -1.81. The molecular weight excluding hydrogens is 246 g/mol. The Morgan fingerprint density at radius 3 is 2.58 bits per heavy atom. The minimum absolute atomic E-state index is 0.275. The maximum absolute atomic E-state index is 13.4. The Bertz CT molecular complexity index is 529. The molecule has 1 aromatic heterocycles. The van der Waals surface area contributed by atoms with Crippen molar-refractivity contribution in [3.05, 3.63) is 65.5 Å². The summed E-state index contributed by atoms with van der Waals surface area (Å²) in [6.45, 7) is 1.17. The third-order valence-electron chi connectivity index (χ3n) is 2.93. The predicted molar refractivity (Wildman–Crippen MR) is 70.6 cm³/mol. The smallest absolute Gasteiger partial charge is 0.148 e. The molecule has 0 saturated heterocycles. The zero-order valence-corrected chi connectivity index (χ0v) is 10.8. The quantitative estimate of drug-likeness (QED) is 0.823. The number of pyridine rings is 1. The molecule has 2 rings (SSSR count). The Morgan fingerprint density at radius 1 is 1.16 bits per heavy atom. The van der Waals surface area contributed by atoms with Crippen molar-refractivity contribution in [3.8, 4) is 0 Å². The largest absolute Gasteiger partial charge is 0.300 e. The molecule has 100 valence electrons. The SMILES string of the molecule is CN(CCc1ccccc1)Cc1ncc(F)cc1F. The maximum atomic E-state index is 13.4. The van der Waals surface area contributed by atoms with Gasteiger partial charge in [0.1, 0.15) is 11.6 Å². The highest BCUT2D eigenvalue weighted by Crippen LogP contribution is 2.09. The van der Waals surface area contributed by atoms with E-state index in [1.165, 1.54) is 5.56 Å². The topological polar surface area (TPSA) is 16.1 Å². The molecule has 2 nitrogen and oxygen atoms in total. The molecule has 0 fully saturated rings. The van der Waals surface area contributed by atoms with Crippen molar-refractivity contribution >= 4 is 0 Å². The summed E-state index contributed by atoms with van der Waals surface area (Å²) in [6.07, 6.45) is 1.93. The minimum Gasteiger partial charge on any atom is -0.300 e. The van der Waals surface area contributed by atoms with Gasteiger partial charge in [-0.3, -0.25) is 4.98 Å². The van der Waals surface area contributed by atoms with Gasteiger partial charge in [0.15, 0.2) is 0 Å². The molecule has 0 N–H and O–H groups in total. The second-order valence-electron chi connectivity index (χ2n) is 4.56. The van der Waals surface area contributed by atoms with Crippen molar-refractivity contribution < 1.29 is 8.78 Å². The van der Waals surface area contributed by atoms with E-state index in [-0.39, 0.29) is 5.69 Å². The molecule has 0 aliphatic heterocycles. The molecule has 1 heterocycles. The molecule has 0 bridgehead atoms. The molecule has 1 aromatic carbocycles. The van der Waals surface area contributed by atoms with Crippen LogP contribution in [-0.2, 0) is 13.0 Å². The highest BCUT2D eigenvalue weighted by molar-refractivity contribution is 5.15. The number of benzene rings is 1. The molecule has 0 aliphatic rings. The number of nitrogens with zero attached hydrogens (tertiary/aromatic N) is 2. The van der Waals surface area contributed by atoms with Crippen LogP contribution in [0.4, 0.5) is 8.78 Å². The first kappa shape index (κ1) is 13.6. The Labute approximate surface area is 111 Å². The Morgan fingerprint density at radius 2 is 1.89 bits per heavy atom. The zero-order valence-electron chi connectivity index (χ0n) is 10.8. The van der Waals surface area contributed by atoms with Crippen molar-refractivity contribution in [1.29, 1.82) is 0 Å². The van der Waals surface area contributed by atoms with Crippen LogP contribution in [0, 0.1) is 11.6 Å². The van der Waals surface area contributed by atoms with Gasteiger partial charge in [-0.25, -0.2) is 8.78 Å². The highest BCUT2D eigenvalue weighted by atomic mass is 19.1. The fraction of sp³-hybridized carbons (Fsp3) is 0.267. The summed E-state index contributed by atoms with van der Waals surface area (Å²) in [5.74, 6) is -1.24. The van der Waals surface area contributed by atoms with Crippen LogP contribution >= 0.6 is 0 Å². The molecule has 0 unspecified atom stereocenters. The van der Waals surface area contributed by atoms with Crippen molar-refractivity contribution in [2.45, 2.75) is 13.0 Å². The van der Waals surface area contributed by atoms with E-state index in [9.17, 15) is 8.78 Å². The van der Waals surface area contributed by atoms with Gasteiger partial charge in [0.25, 0.3) is 0 Å². The molecule has 0 radical (unpaired) electrons. The third kappa shape index (κ3) is 4.10. The van der Waals surface area contributed by atoms with Gasteiger partial charge < -0.3 is 4.90 Å². The lowest BCUT2D eigenvalue weighted by atomic mass is 10.1. The summed E-state index contributed by atoms with van der Waals surface area (Å²) in [6, 6.07) is 11.0. The summed E-state index contributed by atoms with van der Waals surface area (Å²) >= 11 is 0. The number of likely N-dealkylation sites (N-methyl/N-ethyl adjacent to an activating group) is 1. The van der Waals surface area contributed by atoms with Gasteiger partial charge in [0.05, 0.1) is 11.9 Å². The summed E-state index contributed by atoms with van der Waals surface area (Å²) < 4.78 is 26.2. The van der Waals surface area contributed by atoms with Crippen LogP contribution in [0.5, 0.6) is 0 Å². The van der Waals surface area contributed by atoms with Crippen LogP contribution < -0.4 is 0 Å². The van der Waals surface area contributed by atoms with E-state index in [4.69, 9.17) is 0 Å². The van der Waals surface area contributed by atoms with Gasteiger partial charge >= 0.3 is 0 Å². The Balaban J connectivity index is 1.89. The van der Waals surface area contributed by atoms with E-state index in [0.717, 1.165) is 25.2 Å². The second-order valence-corrected chi connectivity index (χ2v) is 4.56. The first-order valence-electron chi connectivity index (χ1n) is 6.17. The molecular formula is C15H16F2N2. The monoisotopic (exact) mass is 262 g/mol. The average molecular weight is 262 g/mol. The minimum atomic E-state index is -0.645. The zero-order chi connectivity index (χ0) is 13.7. The summed E-state index contributed by atoms with van der Waals surface area (Å²) in [4.78, 5) is 5.75. The van der Waals surface area contributed by atoms with Crippen LogP contribution in [0.3, 0.4) is 0 Å². The molecule has 0 saturated carbocycles. The van der Waals surface area contributed by atoms with Gasteiger partial charge in [0, 0.05) is 19.2 Å². The second kappa shape index (κ2) is 6.38. The fourth-order valence-corrected chi connectivity index (χ4v) is 1.86. The van der Waals surface area contributed by atoms with Crippen LogP contribution in [0.2, 0.25) is 0 Å². The molecule has 0 amide bonds. The highest BCUT2D eigenvalue weighted by Gasteiger charge is 2.08. The van der Waals surface area contributed by atoms with Gasteiger partial charge in [-0.15, -0.1) is 0 Å². The lowest BCUT2D eigenvalue weighted by Gasteiger charge is -2.16. The molecule has 0 aliphatic carbocycles. The van der Waals surface area contributed by atoms with Crippen LogP contribution in [0.25, 0.3) is 0 Å². The first-order chi connectivity index (χ1) is 9.15. The molecule has 0 atom stereocenters. The lowest BCUT2D eigenvalue weighted by Crippen LogP contribution is -2.22. The average Bonchev–Trinajstić information content (AvgIpc) is 2.41. The first-order valence-corrected chi connectivity index (χ1v) is 6.17. The van der Waals surface area contributed by atoms with Crippen LogP contribution in [0.15, 0.2) is 42.6 Å². The molecule has 4 heteroatoms. The number of hydrogen-bond donors (Lipinski definition) is 0. The summed E-state index contributed by atoms with van der Waals surface area (Å²) in [5, 5.41) is 0. The van der Waals surface area contributed by atoms with Gasteiger partial charge in [-0.2, -0.15) is 0 Å². The number of halogens is 2. The molecule has 0 spiro atoms. The number of hydrogen-bond acceptors (Lipinski definition) is 2. The van der Waals surface area contributed by atoms with Crippen LogP contribution in [0.1, 0.15) is 11.3 Å². The van der Waals surface area contributed by atoms with Gasteiger partial charge in [0.2, 0.25) is 0 Å². The van der Waals surface area contributed by atoms with E-state index in [2.05, 4.69) is 17.1 Å². The number of rotatable bonds is 5. The van der Waals surface area contributed by atoms with E-state index in [1.54, 1.807) is 0 Å². The third-order valence-corrected chi connectivity index (χ3v) is 2.93. The van der Waals surface area contributed by atoms with Gasteiger partial charge in [-0.05, 0) is 19.0 Å². The predicted octanol–water partition coefficient (Wildman–Crippen LogP) is 3.03. The van der Waals surface area contributed by atoms with E-state index >= 15 is 0 Å². The maximum Gasteiger partial charge on any atom is 0.148 e. The fourth-order valence-electron chi connectivity index (χ4n) is 1.86. The van der Waals surface area contributed by atoms with E-state index < -0.39 is 11.6 Å². The summed E-state index contributed by atoms with van der Waals surface area (Å²) in [5.41, 5.74) is 1.51. The van der Waals surface area contributed by atoms with Crippen LogP contribution in [-0.4, -0.2) is 23.5 Å². The standard InChI is InChI=1S/C15H16F2N2/c1-19(8-7-12-5-3-2-4-6-12)11-15-14(17)9-13(16)10-18-15/h2-6,9-10H,7-8,11H2,1H3. The van der Waals surface area contributed by atoms with Gasteiger partial charge in [-0.1, -0.05) is 30.3 Å². The normalized spacial score (nSPS) is 10.9. The molecule has 2 aromatic rings. The van der Waals surface area contributed by atoms with Crippen molar-refractivity contribution in [2.75, 3.05) is 13.6 Å². The van der Waals surface area contributed by atoms with Crippen molar-refractivity contribution in [3.63, 3.8) is 0 Å². The van der Waals surface area contributed by atoms with Crippen molar-refractivity contribution in [2.24, 2.45) is 0 Å². The molecule has 19 heavy (non-hydrogen) atoms. The van der Waals surface area contributed by atoms with E-state index in [0.29, 0.717) is 6.54 Å². The summed E-state index contributed by atoms with van der Waals surface area (Å²) in [7, 11) is 1.90. The lowest BCUT2D eigenvalue weighted by molar-refractivity contribution is 0.320. The Kier molecular flexibility index (Phi) is 4.58. The number of aromatic nitrogens is 1.